The number of hydrogen-bond acceptors (Lipinski definition) is 5. The summed E-state index contributed by atoms with van der Waals surface area (Å²) < 4.78 is 6.00. The molecule has 0 aliphatic heterocycles. The molecule has 0 saturated carbocycles. The van der Waals surface area contributed by atoms with E-state index < -0.39 is 0 Å². The van der Waals surface area contributed by atoms with E-state index in [0.717, 1.165) is 9.26 Å². The highest BCUT2D eigenvalue weighted by Gasteiger charge is 2.12. The number of rotatable bonds is 2. The normalized spacial score (nSPS) is 10.7. The zero-order valence-electron chi connectivity index (χ0n) is 10.5. The first kappa shape index (κ1) is 13.0. The van der Waals surface area contributed by atoms with Gasteiger partial charge in [0.05, 0.1) is 3.57 Å². The molecule has 5 nitrogen and oxygen atoms in total. The number of phenols is 1. The summed E-state index contributed by atoms with van der Waals surface area (Å²) in [5, 5.41) is 13.6. The van der Waals surface area contributed by atoms with Crippen LogP contribution in [0.5, 0.6) is 5.75 Å². The van der Waals surface area contributed by atoms with Gasteiger partial charge in [-0.3, -0.25) is 0 Å². The number of aromatic hydroxyl groups is 1. The van der Waals surface area contributed by atoms with Gasteiger partial charge in [0.1, 0.15) is 11.4 Å². The van der Waals surface area contributed by atoms with E-state index in [-0.39, 0.29) is 5.75 Å². The topological polar surface area (TPSA) is 72.0 Å². The Bertz CT molecular complexity index is 771. The van der Waals surface area contributed by atoms with Gasteiger partial charge >= 0.3 is 0 Å². The summed E-state index contributed by atoms with van der Waals surface area (Å²) >= 11 is 2.05. The van der Waals surface area contributed by atoms with E-state index >= 15 is 0 Å². The van der Waals surface area contributed by atoms with E-state index in [4.69, 9.17) is 4.52 Å². The molecule has 0 atom stereocenters. The maximum Gasteiger partial charge on any atom is 0.258 e. The molecule has 0 bridgehead atoms. The van der Waals surface area contributed by atoms with Crippen LogP contribution in [-0.4, -0.2) is 20.2 Å². The average molecular weight is 379 g/mol. The second-order valence-electron chi connectivity index (χ2n) is 4.25. The minimum absolute atomic E-state index is 0.191. The van der Waals surface area contributed by atoms with Crippen molar-refractivity contribution < 1.29 is 9.63 Å². The van der Waals surface area contributed by atoms with Crippen molar-refractivity contribution >= 4 is 22.6 Å². The van der Waals surface area contributed by atoms with Gasteiger partial charge in [-0.1, -0.05) is 11.2 Å². The van der Waals surface area contributed by atoms with Crippen LogP contribution in [0, 0.1) is 10.5 Å². The van der Waals surface area contributed by atoms with Crippen LogP contribution in [0.4, 0.5) is 0 Å². The fraction of sp³-hybridized carbons (Fsp3) is 0.0714. The molecule has 0 spiro atoms. The van der Waals surface area contributed by atoms with E-state index in [1.807, 2.05) is 31.2 Å². The minimum Gasteiger partial charge on any atom is -0.507 e. The van der Waals surface area contributed by atoms with E-state index in [1.54, 1.807) is 12.1 Å². The van der Waals surface area contributed by atoms with Crippen molar-refractivity contribution in [1.82, 2.24) is 15.1 Å². The van der Waals surface area contributed by atoms with Crippen LogP contribution in [0.3, 0.4) is 0 Å². The minimum atomic E-state index is 0.191. The summed E-state index contributed by atoms with van der Waals surface area (Å²) in [6.45, 7) is 1.90. The summed E-state index contributed by atoms with van der Waals surface area (Å²) in [4.78, 5) is 8.66. The molecule has 0 radical (unpaired) electrons. The summed E-state index contributed by atoms with van der Waals surface area (Å²) in [6, 6.07) is 10.8. The Labute approximate surface area is 128 Å². The van der Waals surface area contributed by atoms with Gasteiger partial charge in [-0.05, 0) is 59.8 Å². The molecule has 2 heterocycles. The highest BCUT2D eigenvalue weighted by atomic mass is 127. The third-order valence-electron chi connectivity index (χ3n) is 2.74. The molecule has 0 aliphatic carbocycles. The number of benzene rings is 1. The monoisotopic (exact) mass is 379 g/mol. The smallest absolute Gasteiger partial charge is 0.258 e. The van der Waals surface area contributed by atoms with Crippen molar-refractivity contribution in [3.05, 3.63) is 45.7 Å². The van der Waals surface area contributed by atoms with Crippen molar-refractivity contribution in [3.8, 4) is 28.7 Å². The fourth-order valence-electron chi connectivity index (χ4n) is 1.76. The molecule has 0 fully saturated rings. The number of phenolic OH excluding ortho intramolecular Hbond substituents is 1. The zero-order valence-corrected chi connectivity index (χ0v) is 12.7. The van der Waals surface area contributed by atoms with Crippen LogP contribution in [0.2, 0.25) is 0 Å². The number of aromatic nitrogens is 3. The molecule has 3 rings (SSSR count). The molecular weight excluding hydrogens is 369 g/mol. The lowest BCUT2D eigenvalue weighted by atomic mass is 10.2. The van der Waals surface area contributed by atoms with Crippen LogP contribution in [0.25, 0.3) is 23.0 Å². The number of hydrogen-bond donors (Lipinski definition) is 1. The van der Waals surface area contributed by atoms with E-state index in [0.29, 0.717) is 23.0 Å². The summed E-state index contributed by atoms with van der Waals surface area (Å²) in [6.07, 6.45) is 0. The maximum absolute atomic E-state index is 9.71. The van der Waals surface area contributed by atoms with Crippen molar-refractivity contribution in [1.29, 1.82) is 0 Å². The molecule has 1 N–H and O–H groups in total. The van der Waals surface area contributed by atoms with Crippen molar-refractivity contribution in [2.45, 2.75) is 6.92 Å². The van der Waals surface area contributed by atoms with Gasteiger partial charge in [-0.25, -0.2) is 4.98 Å². The van der Waals surface area contributed by atoms with Crippen LogP contribution >= 0.6 is 22.6 Å². The second kappa shape index (κ2) is 5.20. The summed E-state index contributed by atoms with van der Waals surface area (Å²) in [5.41, 5.74) is 2.23. The Morgan fingerprint density at radius 2 is 2.00 bits per heavy atom. The predicted octanol–water partition coefficient (Wildman–Crippen LogP) is 3.42. The number of nitrogens with zero attached hydrogens (tertiary/aromatic N) is 3. The predicted molar refractivity (Wildman–Crippen MR) is 82.1 cm³/mol. The van der Waals surface area contributed by atoms with E-state index in [2.05, 4.69) is 37.7 Å². The first-order valence-corrected chi connectivity index (χ1v) is 6.98. The molecule has 0 amide bonds. The van der Waals surface area contributed by atoms with Gasteiger partial charge in [-0.2, -0.15) is 4.98 Å². The number of halogens is 1. The summed E-state index contributed by atoms with van der Waals surface area (Å²) in [7, 11) is 0. The summed E-state index contributed by atoms with van der Waals surface area (Å²) in [5.74, 6) is 0.980. The van der Waals surface area contributed by atoms with Gasteiger partial charge in [0.15, 0.2) is 0 Å². The Morgan fingerprint density at radius 3 is 2.75 bits per heavy atom. The van der Waals surface area contributed by atoms with Crippen LogP contribution < -0.4 is 0 Å². The van der Waals surface area contributed by atoms with Crippen LogP contribution in [0.15, 0.2) is 40.9 Å². The van der Waals surface area contributed by atoms with E-state index in [1.165, 1.54) is 0 Å². The lowest BCUT2D eigenvalue weighted by Crippen LogP contribution is -1.88. The second-order valence-corrected chi connectivity index (χ2v) is 5.42. The van der Waals surface area contributed by atoms with Crippen molar-refractivity contribution in [2.24, 2.45) is 0 Å². The molecule has 2 aromatic heterocycles. The van der Waals surface area contributed by atoms with Crippen LogP contribution in [-0.2, 0) is 0 Å². The van der Waals surface area contributed by atoms with Gasteiger partial charge in [-0.15, -0.1) is 0 Å². The third kappa shape index (κ3) is 2.51. The first-order chi connectivity index (χ1) is 9.63. The third-order valence-corrected chi connectivity index (χ3v) is 3.65. The molecule has 0 aliphatic rings. The lowest BCUT2D eigenvalue weighted by molar-refractivity contribution is 0.431. The van der Waals surface area contributed by atoms with Crippen LogP contribution in [0.1, 0.15) is 5.69 Å². The lowest BCUT2D eigenvalue weighted by Gasteiger charge is -1.98. The Balaban J connectivity index is 1.99. The quantitative estimate of drug-likeness (QED) is 0.691. The highest BCUT2D eigenvalue weighted by Crippen LogP contribution is 2.27. The Morgan fingerprint density at radius 1 is 1.15 bits per heavy atom. The van der Waals surface area contributed by atoms with Gasteiger partial charge in [0.25, 0.3) is 5.89 Å². The average Bonchev–Trinajstić information content (AvgIpc) is 2.92. The molecule has 0 unspecified atom stereocenters. The van der Waals surface area contributed by atoms with E-state index in [9.17, 15) is 5.11 Å². The standard InChI is InChI=1S/C14H10IN3O2/c1-8-3-2-4-11(16-8)13-17-14(20-18-13)9-5-6-10(15)12(19)7-9/h2-7,19H,1H3. The number of aryl methyl sites for hydroxylation is 1. The molecule has 100 valence electrons. The van der Waals surface area contributed by atoms with Gasteiger partial charge < -0.3 is 9.63 Å². The van der Waals surface area contributed by atoms with Gasteiger partial charge in [0, 0.05) is 11.3 Å². The Kier molecular flexibility index (Phi) is 3.39. The fourth-order valence-corrected chi connectivity index (χ4v) is 2.09. The van der Waals surface area contributed by atoms with Crippen molar-refractivity contribution in [2.75, 3.05) is 0 Å². The SMILES string of the molecule is Cc1cccc(-c2noc(-c3ccc(I)c(O)c3)n2)n1. The number of pyridine rings is 1. The maximum atomic E-state index is 9.71. The Hall–Kier alpha value is -1.96. The first-order valence-electron chi connectivity index (χ1n) is 5.90. The molecular formula is C14H10IN3O2. The molecule has 1 aromatic carbocycles. The van der Waals surface area contributed by atoms with Gasteiger partial charge in [0.2, 0.25) is 5.82 Å². The molecule has 3 aromatic rings. The molecule has 6 heteroatoms. The zero-order chi connectivity index (χ0) is 14.1. The highest BCUT2D eigenvalue weighted by molar-refractivity contribution is 14.1. The molecule has 0 saturated heterocycles. The molecule has 20 heavy (non-hydrogen) atoms. The van der Waals surface area contributed by atoms with Crippen molar-refractivity contribution in [3.63, 3.8) is 0 Å². The largest absolute Gasteiger partial charge is 0.507 e.